The minimum Gasteiger partial charge on any atom is -0.465 e. The molecule has 0 unspecified atom stereocenters. The zero-order valence-corrected chi connectivity index (χ0v) is 12.2. The molecule has 2 aromatic rings. The summed E-state index contributed by atoms with van der Waals surface area (Å²) in [7, 11) is 0. The number of aromatic nitrogens is 1. The number of hydrogen-bond acceptors (Lipinski definition) is 7. The topological polar surface area (TPSA) is 108 Å². The lowest BCUT2D eigenvalue weighted by Crippen LogP contribution is -2.16. The van der Waals surface area contributed by atoms with E-state index in [4.69, 9.17) is 9.15 Å². The van der Waals surface area contributed by atoms with Gasteiger partial charge in [0.25, 0.3) is 11.7 Å². The number of hydrogen-bond donors (Lipinski definition) is 1. The van der Waals surface area contributed by atoms with E-state index in [0.29, 0.717) is 23.6 Å². The molecule has 1 heterocycles. The molecule has 1 aromatic carbocycles. The number of nitrogens with one attached hydrogen (secondary N) is 1. The van der Waals surface area contributed by atoms with Crippen LogP contribution in [0, 0.1) is 17.0 Å². The highest BCUT2D eigenvalue weighted by atomic mass is 16.6. The molecule has 0 bridgehead atoms. The highest BCUT2D eigenvalue weighted by Crippen LogP contribution is 2.28. The first-order chi connectivity index (χ1) is 10.5. The molecule has 1 N–H and O–H groups in total. The summed E-state index contributed by atoms with van der Waals surface area (Å²) >= 11 is 0. The van der Waals surface area contributed by atoms with Crippen LogP contribution in [0.4, 0.5) is 11.7 Å². The Bertz CT molecular complexity index is 678. The van der Waals surface area contributed by atoms with E-state index in [9.17, 15) is 14.9 Å². The van der Waals surface area contributed by atoms with Gasteiger partial charge in [-0.1, -0.05) is 0 Å². The Morgan fingerprint density at radius 3 is 2.68 bits per heavy atom. The summed E-state index contributed by atoms with van der Waals surface area (Å²) in [6, 6.07) is 6.15. The Morgan fingerprint density at radius 1 is 1.41 bits per heavy atom. The number of ether oxygens (including phenoxy) is 1. The predicted octanol–water partition coefficient (Wildman–Crippen LogP) is 2.53. The van der Waals surface area contributed by atoms with Gasteiger partial charge >= 0.3 is 5.97 Å². The van der Waals surface area contributed by atoms with Crippen molar-refractivity contribution in [2.24, 2.45) is 0 Å². The number of carbonyl (C=O) groups is 1. The van der Waals surface area contributed by atoms with Crippen molar-refractivity contribution >= 4 is 17.7 Å². The average molecular weight is 305 g/mol. The Kier molecular flexibility index (Phi) is 4.72. The van der Waals surface area contributed by atoms with Crippen LogP contribution in [-0.4, -0.2) is 29.0 Å². The number of rotatable bonds is 6. The van der Waals surface area contributed by atoms with Gasteiger partial charge in [0.1, 0.15) is 6.54 Å². The van der Waals surface area contributed by atoms with Gasteiger partial charge in [0, 0.05) is 17.7 Å². The molecule has 0 atom stereocenters. The number of aryl methyl sites for hydroxylation is 1. The van der Waals surface area contributed by atoms with Crippen LogP contribution in [0.25, 0.3) is 11.3 Å². The van der Waals surface area contributed by atoms with Crippen LogP contribution < -0.4 is 5.32 Å². The fourth-order valence-corrected chi connectivity index (χ4v) is 1.83. The molecule has 22 heavy (non-hydrogen) atoms. The normalized spacial score (nSPS) is 10.3. The van der Waals surface area contributed by atoms with Gasteiger partial charge in [-0.05, 0) is 26.0 Å². The van der Waals surface area contributed by atoms with Gasteiger partial charge in [-0.25, -0.2) is 0 Å². The van der Waals surface area contributed by atoms with E-state index < -0.39 is 10.9 Å². The van der Waals surface area contributed by atoms with Crippen molar-refractivity contribution in [3.8, 4) is 11.3 Å². The lowest BCUT2D eigenvalue weighted by atomic mass is 10.1. The molecule has 0 aliphatic heterocycles. The first kappa shape index (κ1) is 15.5. The fraction of sp³-hybridized carbons (Fsp3) is 0.286. The Labute approximate surface area is 126 Å². The van der Waals surface area contributed by atoms with E-state index in [1.807, 2.05) is 0 Å². The van der Waals surface area contributed by atoms with Crippen molar-refractivity contribution in [3.05, 3.63) is 40.1 Å². The zero-order valence-electron chi connectivity index (χ0n) is 12.2. The first-order valence-electron chi connectivity index (χ1n) is 6.63. The number of oxazole rings is 1. The van der Waals surface area contributed by atoms with Crippen molar-refractivity contribution in [2.75, 3.05) is 18.5 Å². The van der Waals surface area contributed by atoms with E-state index in [2.05, 4.69) is 10.3 Å². The number of nitrogens with zero attached hydrogens (tertiary/aromatic N) is 2. The highest BCUT2D eigenvalue weighted by Gasteiger charge is 2.14. The van der Waals surface area contributed by atoms with Crippen LogP contribution >= 0.6 is 0 Å². The van der Waals surface area contributed by atoms with Crippen molar-refractivity contribution < 1.29 is 18.9 Å². The summed E-state index contributed by atoms with van der Waals surface area (Å²) in [5.41, 5.74) is 1.28. The molecule has 0 saturated heterocycles. The molecular weight excluding hydrogens is 290 g/mol. The molecule has 0 aliphatic rings. The van der Waals surface area contributed by atoms with Gasteiger partial charge in [-0.2, -0.15) is 4.98 Å². The minimum atomic E-state index is -0.469. The summed E-state index contributed by atoms with van der Waals surface area (Å²) in [6.45, 7) is 3.72. The molecule has 0 radical (unpaired) electrons. The quantitative estimate of drug-likeness (QED) is 0.496. The third kappa shape index (κ3) is 3.60. The van der Waals surface area contributed by atoms with Crippen LogP contribution in [0.1, 0.15) is 12.6 Å². The standard InChI is InChI=1S/C14H15N3O5/c1-3-21-12(18)8-15-14-16-9(2)13(22-14)10-4-6-11(7-5-10)17(19)20/h4-7H,3,8H2,1-2H3,(H,15,16). The summed E-state index contributed by atoms with van der Waals surface area (Å²) in [5.74, 6) is 0.0801. The van der Waals surface area contributed by atoms with Crippen LogP contribution in [0.2, 0.25) is 0 Å². The predicted molar refractivity (Wildman–Crippen MR) is 78.5 cm³/mol. The smallest absolute Gasteiger partial charge is 0.325 e. The Hall–Kier alpha value is -2.90. The molecule has 8 nitrogen and oxygen atoms in total. The van der Waals surface area contributed by atoms with E-state index in [-0.39, 0.29) is 18.2 Å². The fourth-order valence-electron chi connectivity index (χ4n) is 1.83. The molecule has 1 aromatic heterocycles. The van der Waals surface area contributed by atoms with Crippen molar-refractivity contribution in [1.29, 1.82) is 0 Å². The van der Waals surface area contributed by atoms with Crippen LogP contribution in [0.5, 0.6) is 0 Å². The maximum Gasteiger partial charge on any atom is 0.325 e. The lowest BCUT2D eigenvalue weighted by molar-refractivity contribution is -0.384. The Morgan fingerprint density at radius 2 is 2.09 bits per heavy atom. The summed E-state index contributed by atoms with van der Waals surface area (Å²) in [6.07, 6.45) is 0. The number of benzene rings is 1. The second-order valence-corrected chi connectivity index (χ2v) is 4.40. The van der Waals surface area contributed by atoms with E-state index in [0.717, 1.165) is 0 Å². The van der Waals surface area contributed by atoms with Gasteiger partial charge in [0.05, 0.1) is 17.2 Å². The molecule has 0 fully saturated rings. The van der Waals surface area contributed by atoms with Crippen molar-refractivity contribution in [2.45, 2.75) is 13.8 Å². The van der Waals surface area contributed by atoms with E-state index in [1.54, 1.807) is 26.0 Å². The van der Waals surface area contributed by atoms with Crippen LogP contribution in [0.15, 0.2) is 28.7 Å². The third-order valence-corrected chi connectivity index (χ3v) is 2.83. The lowest BCUT2D eigenvalue weighted by Gasteiger charge is -2.01. The molecular formula is C14H15N3O5. The molecule has 116 valence electrons. The number of esters is 1. The van der Waals surface area contributed by atoms with E-state index in [1.165, 1.54) is 12.1 Å². The van der Waals surface area contributed by atoms with Crippen molar-refractivity contribution in [3.63, 3.8) is 0 Å². The van der Waals surface area contributed by atoms with Gasteiger partial charge in [-0.3, -0.25) is 14.9 Å². The number of carbonyl (C=O) groups excluding carboxylic acids is 1. The first-order valence-corrected chi connectivity index (χ1v) is 6.63. The SMILES string of the molecule is CCOC(=O)CNc1nc(C)c(-c2ccc([N+](=O)[O-])cc2)o1. The molecule has 0 aliphatic carbocycles. The monoisotopic (exact) mass is 305 g/mol. The minimum absolute atomic E-state index is 0.00146. The number of anilines is 1. The third-order valence-electron chi connectivity index (χ3n) is 2.83. The number of nitro groups is 1. The summed E-state index contributed by atoms with van der Waals surface area (Å²) < 4.78 is 10.3. The second-order valence-electron chi connectivity index (χ2n) is 4.40. The van der Waals surface area contributed by atoms with E-state index >= 15 is 0 Å². The number of nitro benzene ring substituents is 1. The largest absolute Gasteiger partial charge is 0.465 e. The average Bonchev–Trinajstić information content (AvgIpc) is 2.86. The summed E-state index contributed by atoms with van der Waals surface area (Å²) in [5, 5.41) is 13.4. The molecule has 2 rings (SSSR count). The molecule has 0 spiro atoms. The van der Waals surface area contributed by atoms with Crippen LogP contribution in [0.3, 0.4) is 0 Å². The molecule has 0 amide bonds. The van der Waals surface area contributed by atoms with Crippen LogP contribution in [-0.2, 0) is 9.53 Å². The van der Waals surface area contributed by atoms with Gasteiger partial charge < -0.3 is 14.5 Å². The van der Waals surface area contributed by atoms with Gasteiger partial charge in [-0.15, -0.1) is 0 Å². The second kappa shape index (κ2) is 6.70. The van der Waals surface area contributed by atoms with Crippen molar-refractivity contribution in [1.82, 2.24) is 4.98 Å². The zero-order chi connectivity index (χ0) is 16.1. The number of non-ortho nitro benzene ring substituents is 1. The summed E-state index contributed by atoms with van der Waals surface area (Å²) in [4.78, 5) is 25.6. The molecule has 0 saturated carbocycles. The highest BCUT2D eigenvalue weighted by molar-refractivity contribution is 5.74. The Balaban J connectivity index is 2.12. The van der Waals surface area contributed by atoms with Gasteiger partial charge in [0.15, 0.2) is 5.76 Å². The molecule has 8 heteroatoms. The maximum atomic E-state index is 11.3. The van der Waals surface area contributed by atoms with Gasteiger partial charge in [0.2, 0.25) is 0 Å². The maximum absolute atomic E-state index is 11.3.